The van der Waals surface area contributed by atoms with Gasteiger partial charge >= 0.3 is 5.97 Å². The van der Waals surface area contributed by atoms with Gasteiger partial charge in [0, 0.05) is 18.4 Å². The molecule has 2 aromatic rings. The van der Waals surface area contributed by atoms with Gasteiger partial charge in [-0.2, -0.15) is 0 Å². The van der Waals surface area contributed by atoms with Gasteiger partial charge in [0.1, 0.15) is 5.54 Å². The third-order valence-corrected chi connectivity index (χ3v) is 4.83. The van der Waals surface area contributed by atoms with Gasteiger partial charge in [-0.3, -0.25) is 4.79 Å². The van der Waals surface area contributed by atoms with E-state index >= 15 is 0 Å². The molecule has 138 valence electrons. The zero-order valence-electron chi connectivity index (χ0n) is 14.8. The fraction of sp³-hybridized carbons (Fsp3) is 0.474. The monoisotopic (exact) mass is 357 g/mol. The van der Waals surface area contributed by atoms with Crippen molar-refractivity contribution in [2.75, 3.05) is 0 Å². The van der Waals surface area contributed by atoms with E-state index in [0.717, 1.165) is 30.4 Å². The van der Waals surface area contributed by atoms with Gasteiger partial charge in [0.25, 0.3) is 0 Å². The van der Waals surface area contributed by atoms with E-state index in [0.29, 0.717) is 24.6 Å². The lowest BCUT2D eigenvalue weighted by Gasteiger charge is -2.33. The molecule has 0 atom stereocenters. The molecule has 0 radical (unpaired) electrons. The molecule has 1 aromatic carbocycles. The highest BCUT2D eigenvalue weighted by atomic mass is 16.4. The second-order valence-corrected chi connectivity index (χ2v) is 6.86. The minimum absolute atomic E-state index is 0.116. The molecule has 1 heterocycles. The van der Waals surface area contributed by atoms with Crippen molar-refractivity contribution in [3.8, 4) is 11.5 Å². The van der Waals surface area contributed by atoms with Crippen LogP contribution in [0.5, 0.6) is 0 Å². The third kappa shape index (κ3) is 4.09. The number of amides is 1. The van der Waals surface area contributed by atoms with Gasteiger partial charge in [0.2, 0.25) is 17.7 Å². The van der Waals surface area contributed by atoms with Crippen LogP contribution in [0, 0.1) is 6.92 Å². The lowest BCUT2D eigenvalue weighted by atomic mass is 9.81. The van der Waals surface area contributed by atoms with Crippen LogP contribution in [0.15, 0.2) is 28.7 Å². The van der Waals surface area contributed by atoms with Crippen LogP contribution in [0.3, 0.4) is 0 Å². The van der Waals surface area contributed by atoms with Crippen LogP contribution < -0.4 is 5.32 Å². The summed E-state index contributed by atoms with van der Waals surface area (Å²) in [6.45, 7) is 2.00. The lowest BCUT2D eigenvalue weighted by Crippen LogP contribution is -2.55. The summed E-state index contributed by atoms with van der Waals surface area (Å²) in [7, 11) is 0. The molecule has 26 heavy (non-hydrogen) atoms. The molecule has 1 aliphatic carbocycles. The molecule has 7 nitrogen and oxygen atoms in total. The first-order chi connectivity index (χ1) is 12.5. The van der Waals surface area contributed by atoms with Crippen molar-refractivity contribution in [1.29, 1.82) is 0 Å². The molecular weight excluding hydrogens is 334 g/mol. The van der Waals surface area contributed by atoms with Crippen molar-refractivity contribution >= 4 is 11.9 Å². The minimum atomic E-state index is -1.13. The van der Waals surface area contributed by atoms with Crippen LogP contribution in [0.1, 0.15) is 50.0 Å². The maximum absolute atomic E-state index is 12.2. The first kappa shape index (κ1) is 18.1. The van der Waals surface area contributed by atoms with Gasteiger partial charge in [0.15, 0.2) is 0 Å². The van der Waals surface area contributed by atoms with Crippen LogP contribution >= 0.6 is 0 Å². The number of nitrogens with zero attached hydrogens (tertiary/aromatic N) is 2. The van der Waals surface area contributed by atoms with Crippen molar-refractivity contribution < 1.29 is 19.1 Å². The number of aryl methyl sites for hydroxylation is 2. The van der Waals surface area contributed by atoms with E-state index in [1.807, 2.05) is 31.2 Å². The summed E-state index contributed by atoms with van der Waals surface area (Å²) in [6, 6.07) is 7.72. The second-order valence-electron chi connectivity index (χ2n) is 6.86. The Morgan fingerprint density at radius 1 is 1.15 bits per heavy atom. The molecule has 1 saturated carbocycles. The Kier molecular flexibility index (Phi) is 5.35. The highest BCUT2D eigenvalue weighted by molar-refractivity contribution is 5.87. The molecular formula is C19H23N3O4. The minimum Gasteiger partial charge on any atom is -0.480 e. The van der Waals surface area contributed by atoms with Gasteiger partial charge < -0.3 is 14.8 Å². The van der Waals surface area contributed by atoms with Crippen molar-refractivity contribution in [3.63, 3.8) is 0 Å². The standard InChI is InChI=1S/C19H23N3O4/c1-13-5-7-14(8-6-13)17-22-21-16(26-17)10-9-15(23)20-19(18(24)25)11-3-2-4-12-19/h5-8H,2-4,9-12H2,1H3,(H,20,23)(H,24,25). The molecule has 0 bridgehead atoms. The topological polar surface area (TPSA) is 105 Å². The highest BCUT2D eigenvalue weighted by Gasteiger charge is 2.40. The predicted molar refractivity (Wildman–Crippen MR) is 94.4 cm³/mol. The zero-order chi connectivity index (χ0) is 18.6. The van der Waals surface area contributed by atoms with Crippen LogP contribution in [-0.4, -0.2) is 32.7 Å². The van der Waals surface area contributed by atoms with E-state index in [1.165, 1.54) is 0 Å². The molecule has 1 fully saturated rings. The van der Waals surface area contributed by atoms with E-state index in [-0.39, 0.29) is 18.7 Å². The molecule has 0 spiro atoms. The SMILES string of the molecule is Cc1ccc(-c2nnc(CCC(=O)NC3(C(=O)O)CCCCC3)o2)cc1. The lowest BCUT2D eigenvalue weighted by molar-refractivity contribution is -0.149. The average Bonchev–Trinajstić information content (AvgIpc) is 3.10. The summed E-state index contributed by atoms with van der Waals surface area (Å²) < 4.78 is 5.60. The summed E-state index contributed by atoms with van der Waals surface area (Å²) in [5, 5.41) is 20.2. The molecule has 1 aromatic heterocycles. The molecule has 0 aliphatic heterocycles. The van der Waals surface area contributed by atoms with Crippen LogP contribution in [0.25, 0.3) is 11.5 Å². The number of nitrogens with one attached hydrogen (secondary N) is 1. The van der Waals surface area contributed by atoms with Crippen molar-refractivity contribution in [1.82, 2.24) is 15.5 Å². The van der Waals surface area contributed by atoms with Crippen molar-refractivity contribution in [3.05, 3.63) is 35.7 Å². The number of carboxylic acid groups (broad SMARTS) is 1. The summed E-state index contributed by atoms with van der Waals surface area (Å²) in [5.74, 6) is -0.479. The fourth-order valence-electron chi connectivity index (χ4n) is 3.26. The van der Waals surface area contributed by atoms with Gasteiger partial charge in [-0.15, -0.1) is 10.2 Å². The highest BCUT2D eigenvalue weighted by Crippen LogP contribution is 2.28. The smallest absolute Gasteiger partial charge is 0.329 e. The Morgan fingerprint density at radius 2 is 1.85 bits per heavy atom. The molecule has 1 amide bonds. The number of carboxylic acids is 1. The largest absolute Gasteiger partial charge is 0.480 e. The molecule has 1 aliphatic rings. The summed E-state index contributed by atoms with van der Waals surface area (Å²) in [5.41, 5.74) is 0.836. The quantitative estimate of drug-likeness (QED) is 0.823. The van der Waals surface area contributed by atoms with E-state index in [4.69, 9.17) is 4.42 Å². The first-order valence-corrected chi connectivity index (χ1v) is 8.92. The maximum atomic E-state index is 12.2. The van der Waals surface area contributed by atoms with Crippen LogP contribution in [0.4, 0.5) is 0 Å². The van der Waals surface area contributed by atoms with E-state index in [1.54, 1.807) is 0 Å². The first-order valence-electron chi connectivity index (χ1n) is 8.92. The molecule has 7 heteroatoms. The van der Waals surface area contributed by atoms with E-state index in [2.05, 4.69) is 15.5 Å². The molecule has 0 unspecified atom stereocenters. The second kappa shape index (κ2) is 7.68. The average molecular weight is 357 g/mol. The summed E-state index contributed by atoms with van der Waals surface area (Å²) in [4.78, 5) is 23.9. The van der Waals surface area contributed by atoms with Crippen molar-refractivity contribution in [2.45, 2.75) is 57.4 Å². The van der Waals surface area contributed by atoms with E-state index < -0.39 is 11.5 Å². The predicted octanol–water partition coefficient (Wildman–Crippen LogP) is 2.88. The van der Waals surface area contributed by atoms with Crippen molar-refractivity contribution in [2.24, 2.45) is 0 Å². The zero-order valence-corrected chi connectivity index (χ0v) is 14.8. The number of hydrogen-bond donors (Lipinski definition) is 2. The van der Waals surface area contributed by atoms with E-state index in [9.17, 15) is 14.7 Å². The molecule has 2 N–H and O–H groups in total. The summed E-state index contributed by atoms with van der Waals surface area (Å²) in [6.07, 6.45) is 3.99. The Labute approximate surface area is 151 Å². The number of hydrogen-bond acceptors (Lipinski definition) is 5. The normalized spacial score (nSPS) is 16.2. The Bertz CT molecular complexity index is 776. The Balaban J connectivity index is 1.58. The number of carbonyl (C=O) groups is 2. The fourth-order valence-corrected chi connectivity index (χ4v) is 3.26. The van der Waals surface area contributed by atoms with Gasteiger partial charge in [-0.25, -0.2) is 4.79 Å². The number of aliphatic carboxylic acids is 1. The number of aromatic nitrogens is 2. The summed E-state index contributed by atoms with van der Waals surface area (Å²) >= 11 is 0. The number of rotatable bonds is 6. The van der Waals surface area contributed by atoms with Crippen LogP contribution in [0.2, 0.25) is 0 Å². The molecule has 3 rings (SSSR count). The Hall–Kier alpha value is -2.70. The number of carbonyl (C=O) groups excluding carboxylic acids is 1. The van der Waals surface area contributed by atoms with Crippen LogP contribution in [-0.2, 0) is 16.0 Å². The van der Waals surface area contributed by atoms with Gasteiger partial charge in [0.05, 0.1) is 0 Å². The molecule has 0 saturated heterocycles. The number of benzene rings is 1. The Morgan fingerprint density at radius 3 is 2.50 bits per heavy atom. The van der Waals surface area contributed by atoms with Gasteiger partial charge in [-0.05, 0) is 31.9 Å². The maximum Gasteiger partial charge on any atom is 0.329 e. The third-order valence-electron chi connectivity index (χ3n) is 4.83. The van der Waals surface area contributed by atoms with Gasteiger partial charge in [-0.1, -0.05) is 37.0 Å².